The molecule has 2 aromatic rings. The highest BCUT2D eigenvalue weighted by molar-refractivity contribution is 6.31. The molecule has 0 heterocycles. The van der Waals surface area contributed by atoms with E-state index in [1.165, 1.54) is 0 Å². The number of anilines is 1. The average molecular weight is 349 g/mol. The number of methoxy groups -OCH3 is 1. The predicted octanol–water partition coefficient (Wildman–Crippen LogP) is 3.26. The maximum absolute atomic E-state index is 11.9. The van der Waals surface area contributed by atoms with Crippen LogP contribution in [0.3, 0.4) is 0 Å². The van der Waals surface area contributed by atoms with Gasteiger partial charge >= 0.3 is 0 Å². The van der Waals surface area contributed by atoms with Crippen LogP contribution >= 0.6 is 11.6 Å². The molecule has 0 aliphatic rings. The zero-order valence-electron chi connectivity index (χ0n) is 13.8. The van der Waals surface area contributed by atoms with Crippen molar-refractivity contribution in [3.05, 3.63) is 53.1 Å². The van der Waals surface area contributed by atoms with Crippen LogP contribution in [-0.4, -0.2) is 32.7 Å². The molecule has 0 saturated carbocycles. The highest BCUT2D eigenvalue weighted by Gasteiger charge is 2.08. The lowest BCUT2D eigenvalue weighted by Crippen LogP contribution is -2.33. The number of halogens is 1. The number of aryl methyl sites for hydroxylation is 1. The Bertz CT molecular complexity index is 677. The Morgan fingerprint density at radius 2 is 1.96 bits per heavy atom. The van der Waals surface area contributed by atoms with Crippen molar-refractivity contribution in [2.24, 2.45) is 0 Å². The number of amides is 1. The Morgan fingerprint density at radius 3 is 2.67 bits per heavy atom. The highest BCUT2D eigenvalue weighted by atomic mass is 35.5. The van der Waals surface area contributed by atoms with Crippen LogP contribution in [0.5, 0.6) is 11.5 Å². The van der Waals surface area contributed by atoms with Gasteiger partial charge in [-0.05, 0) is 30.7 Å². The molecule has 2 N–H and O–H groups in total. The van der Waals surface area contributed by atoms with Crippen LogP contribution in [0.25, 0.3) is 0 Å². The van der Waals surface area contributed by atoms with E-state index in [9.17, 15) is 4.79 Å². The van der Waals surface area contributed by atoms with Crippen LogP contribution in [0.1, 0.15) is 5.56 Å². The molecule has 0 spiro atoms. The fourth-order valence-electron chi connectivity index (χ4n) is 2.08. The summed E-state index contributed by atoms with van der Waals surface area (Å²) in [6.45, 7) is 2.89. The largest absolute Gasteiger partial charge is 0.495 e. The fourth-order valence-corrected chi connectivity index (χ4v) is 2.24. The summed E-state index contributed by atoms with van der Waals surface area (Å²) in [6.07, 6.45) is 0. The van der Waals surface area contributed by atoms with Crippen LogP contribution in [0.4, 0.5) is 5.69 Å². The Balaban J connectivity index is 1.74. The number of ether oxygens (including phenoxy) is 2. The van der Waals surface area contributed by atoms with Crippen LogP contribution in [0.15, 0.2) is 42.5 Å². The number of nitrogens with one attached hydrogen (secondary N) is 2. The van der Waals surface area contributed by atoms with Crippen molar-refractivity contribution in [3.63, 3.8) is 0 Å². The molecule has 2 aromatic carbocycles. The van der Waals surface area contributed by atoms with Gasteiger partial charge < -0.3 is 20.1 Å². The maximum atomic E-state index is 11.9. The summed E-state index contributed by atoms with van der Waals surface area (Å²) in [5, 5.41) is 6.47. The average Bonchev–Trinajstić information content (AvgIpc) is 2.60. The zero-order valence-corrected chi connectivity index (χ0v) is 14.5. The molecular formula is C18H21ClN2O3. The molecular weight excluding hydrogens is 328 g/mol. The van der Waals surface area contributed by atoms with E-state index in [1.54, 1.807) is 13.2 Å². The summed E-state index contributed by atoms with van der Waals surface area (Å²) >= 11 is 6.06. The molecule has 0 saturated heterocycles. The van der Waals surface area contributed by atoms with E-state index in [2.05, 4.69) is 10.6 Å². The van der Waals surface area contributed by atoms with Gasteiger partial charge in [0.1, 0.15) is 18.1 Å². The SMILES string of the molecule is COc1cc(Cl)c(C)cc1NCC(=O)NCCOc1ccccc1. The third-order valence-corrected chi connectivity index (χ3v) is 3.76. The minimum atomic E-state index is -0.124. The van der Waals surface area contributed by atoms with Gasteiger partial charge in [0.2, 0.25) is 5.91 Å². The standard InChI is InChI=1S/C18H21ClN2O3/c1-13-10-16(17(23-2)11-15(13)19)21-12-18(22)20-8-9-24-14-6-4-3-5-7-14/h3-7,10-11,21H,8-9,12H2,1-2H3,(H,20,22). The van der Waals surface area contributed by atoms with Gasteiger partial charge in [0.15, 0.2) is 0 Å². The number of carbonyl (C=O) groups is 1. The Morgan fingerprint density at radius 1 is 1.21 bits per heavy atom. The lowest BCUT2D eigenvalue weighted by Gasteiger charge is -2.13. The third kappa shape index (κ3) is 5.35. The summed E-state index contributed by atoms with van der Waals surface area (Å²) in [4.78, 5) is 11.9. The number of hydrogen-bond donors (Lipinski definition) is 2. The molecule has 24 heavy (non-hydrogen) atoms. The molecule has 0 aromatic heterocycles. The van der Waals surface area contributed by atoms with Crippen molar-refractivity contribution in [3.8, 4) is 11.5 Å². The Kier molecular flexibility index (Phi) is 6.75. The second kappa shape index (κ2) is 9.03. The van der Waals surface area contributed by atoms with Crippen molar-refractivity contribution >= 4 is 23.2 Å². The molecule has 0 atom stereocenters. The molecule has 0 fully saturated rings. The summed E-state index contributed by atoms with van der Waals surface area (Å²) in [5.74, 6) is 1.26. The highest BCUT2D eigenvalue weighted by Crippen LogP contribution is 2.30. The summed E-state index contributed by atoms with van der Waals surface area (Å²) in [6, 6.07) is 13.1. The minimum absolute atomic E-state index is 0.124. The molecule has 0 unspecified atom stereocenters. The van der Waals surface area contributed by atoms with E-state index in [4.69, 9.17) is 21.1 Å². The first-order valence-corrected chi connectivity index (χ1v) is 8.00. The fraction of sp³-hybridized carbons (Fsp3) is 0.278. The lowest BCUT2D eigenvalue weighted by molar-refractivity contribution is -0.119. The molecule has 0 radical (unpaired) electrons. The van der Waals surface area contributed by atoms with Crippen molar-refractivity contribution in [1.82, 2.24) is 5.32 Å². The van der Waals surface area contributed by atoms with E-state index in [-0.39, 0.29) is 12.5 Å². The smallest absolute Gasteiger partial charge is 0.239 e. The molecule has 128 valence electrons. The van der Waals surface area contributed by atoms with Gasteiger partial charge in [-0.2, -0.15) is 0 Å². The second-order valence-electron chi connectivity index (χ2n) is 5.17. The number of carbonyl (C=O) groups excluding carboxylic acids is 1. The molecule has 0 aliphatic heterocycles. The molecule has 6 heteroatoms. The Labute approximate surface area is 146 Å². The van der Waals surface area contributed by atoms with Crippen LogP contribution in [0, 0.1) is 6.92 Å². The van der Waals surface area contributed by atoms with E-state index in [0.29, 0.717) is 23.9 Å². The van der Waals surface area contributed by atoms with Crippen molar-refractivity contribution in [1.29, 1.82) is 0 Å². The number of hydrogen-bond acceptors (Lipinski definition) is 4. The molecule has 2 rings (SSSR count). The summed E-state index contributed by atoms with van der Waals surface area (Å²) < 4.78 is 10.8. The number of benzene rings is 2. The van der Waals surface area contributed by atoms with Gasteiger partial charge in [-0.1, -0.05) is 29.8 Å². The van der Waals surface area contributed by atoms with Gasteiger partial charge in [0, 0.05) is 11.1 Å². The van der Waals surface area contributed by atoms with Crippen molar-refractivity contribution in [2.45, 2.75) is 6.92 Å². The first-order chi connectivity index (χ1) is 11.6. The number of rotatable bonds is 8. The Hall–Kier alpha value is -2.40. The van der Waals surface area contributed by atoms with Gasteiger partial charge in [-0.25, -0.2) is 0 Å². The normalized spacial score (nSPS) is 10.1. The summed E-state index contributed by atoms with van der Waals surface area (Å²) in [5.41, 5.74) is 1.65. The first kappa shape index (κ1) is 17.9. The topological polar surface area (TPSA) is 59.6 Å². The van der Waals surface area contributed by atoms with Gasteiger partial charge in [0.25, 0.3) is 0 Å². The monoisotopic (exact) mass is 348 g/mol. The number of para-hydroxylation sites is 1. The molecule has 0 aliphatic carbocycles. The first-order valence-electron chi connectivity index (χ1n) is 7.62. The quantitative estimate of drug-likeness (QED) is 0.719. The van der Waals surface area contributed by atoms with Crippen LogP contribution in [-0.2, 0) is 4.79 Å². The van der Waals surface area contributed by atoms with Crippen molar-refractivity contribution in [2.75, 3.05) is 32.1 Å². The lowest BCUT2D eigenvalue weighted by atomic mass is 10.2. The zero-order chi connectivity index (χ0) is 17.4. The van der Waals surface area contributed by atoms with Crippen LogP contribution in [0.2, 0.25) is 5.02 Å². The minimum Gasteiger partial charge on any atom is -0.495 e. The van der Waals surface area contributed by atoms with E-state index in [0.717, 1.165) is 17.0 Å². The van der Waals surface area contributed by atoms with Crippen LogP contribution < -0.4 is 20.1 Å². The molecule has 0 bridgehead atoms. The van der Waals surface area contributed by atoms with Crippen molar-refractivity contribution < 1.29 is 14.3 Å². The van der Waals surface area contributed by atoms with Gasteiger partial charge in [0.05, 0.1) is 25.9 Å². The maximum Gasteiger partial charge on any atom is 0.239 e. The second-order valence-corrected chi connectivity index (χ2v) is 5.57. The molecule has 5 nitrogen and oxygen atoms in total. The third-order valence-electron chi connectivity index (χ3n) is 3.36. The molecule has 1 amide bonds. The summed E-state index contributed by atoms with van der Waals surface area (Å²) in [7, 11) is 1.56. The van der Waals surface area contributed by atoms with E-state index in [1.807, 2.05) is 43.3 Å². The van der Waals surface area contributed by atoms with Gasteiger partial charge in [-0.3, -0.25) is 4.79 Å². The van der Waals surface area contributed by atoms with E-state index >= 15 is 0 Å². The van der Waals surface area contributed by atoms with Gasteiger partial charge in [-0.15, -0.1) is 0 Å². The predicted molar refractivity (Wildman–Crippen MR) is 96.2 cm³/mol. The van der Waals surface area contributed by atoms with E-state index < -0.39 is 0 Å².